The molecule has 1 N–H and O–H groups in total. The number of benzene rings is 2. The molecule has 1 heterocycles. The minimum atomic E-state index is -0.252. The maximum atomic E-state index is 11.9. The van der Waals surface area contributed by atoms with Crippen molar-refractivity contribution in [3.63, 3.8) is 0 Å². The fourth-order valence-corrected chi connectivity index (χ4v) is 2.32. The number of rotatable bonds is 6. The van der Waals surface area contributed by atoms with E-state index in [-0.39, 0.29) is 19.1 Å². The highest BCUT2D eigenvalue weighted by molar-refractivity contribution is 5.77. The summed E-state index contributed by atoms with van der Waals surface area (Å²) < 4.78 is 10.7. The lowest BCUT2D eigenvalue weighted by Crippen LogP contribution is -2.28. The zero-order valence-corrected chi connectivity index (χ0v) is 15.1. The average Bonchev–Trinajstić information content (AvgIpc) is 3.10. The van der Waals surface area contributed by atoms with Crippen LogP contribution in [0.5, 0.6) is 5.75 Å². The second-order valence-electron chi connectivity index (χ2n) is 6.19. The third-order valence-corrected chi connectivity index (χ3v) is 4.06. The number of nitrogens with one attached hydrogen (secondary N) is 1. The molecule has 1 aromatic heterocycles. The number of hydrogen-bond donors (Lipinski definition) is 1. The number of carbonyl (C=O) groups excluding carboxylic acids is 1. The highest BCUT2D eigenvalue weighted by atomic mass is 16.5. The van der Waals surface area contributed by atoms with Crippen molar-refractivity contribution >= 4 is 5.91 Å². The Labute approximate surface area is 152 Å². The van der Waals surface area contributed by atoms with E-state index in [2.05, 4.69) is 15.5 Å². The van der Waals surface area contributed by atoms with Crippen molar-refractivity contribution in [3.8, 4) is 17.1 Å². The summed E-state index contributed by atoms with van der Waals surface area (Å²) in [5.74, 6) is 1.27. The van der Waals surface area contributed by atoms with Gasteiger partial charge in [-0.15, -0.1) is 0 Å². The van der Waals surface area contributed by atoms with E-state index in [1.807, 2.05) is 63.2 Å². The average molecular weight is 351 g/mol. The Hall–Kier alpha value is -3.15. The first kappa shape index (κ1) is 17.7. The van der Waals surface area contributed by atoms with E-state index >= 15 is 0 Å². The number of carbonyl (C=O) groups is 1. The van der Waals surface area contributed by atoms with Crippen LogP contribution in [0.1, 0.15) is 22.6 Å². The maximum absolute atomic E-state index is 11.9. The van der Waals surface area contributed by atoms with E-state index in [0.717, 1.165) is 16.7 Å². The van der Waals surface area contributed by atoms with E-state index < -0.39 is 0 Å². The molecule has 0 aliphatic heterocycles. The zero-order valence-electron chi connectivity index (χ0n) is 15.1. The second kappa shape index (κ2) is 7.82. The van der Waals surface area contributed by atoms with Gasteiger partial charge in [-0.2, -0.15) is 4.98 Å². The Morgan fingerprint density at radius 1 is 1.08 bits per heavy atom. The molecule has 0 aliphatic carbocycles. The minimum Gasteiger partial charge on any atom is -0.484 e. The fourth-order valence-electron chi connectivity index (χ4n) is 2.32. The number of hydrogen-bond acceptors (Lipinski definition) is 5. The first-order valence-electron chi connectivity index (χ1n) is 8.37. The van der Waals surface area contributed by atoms with Crippen molar-refractivity contribution < 1.29 is 14.1 Å². The summed E-state index contributed by atoms with van der Waals surface area (Å²) in [6, 6.07) is 13.6. The second-order valence-corrected chi connectivity index (χ2v) is 6.19. The molecule has 6 heteroatoms. The predicted molar refractivity (Wildman–Crippen MR) is 97.7 cm³/mol. The first-order valence-corrected chi connectivity index (χ1v) is 8.37. The van der Waals surface area contributed by atoms with Gasteiger partial charge >= 0.3 is 0 Å². The number of ether oxygens (including phenoxy) is 1. The van der Waals surface area contributed by atoms with E-state index in [1.165, 1.54) is 5.56 Å². The summed E-state index contributed by atoms with van der Waals surface area (Å²) >= 11 is 0. The Balaban J connectivity index is 1.50. The molecule has 0 fully saturated rings. The minimum absolute atomic E-state index is 0.0680. The van der Waals surface area contributed by atoms with Gasteiger partial charge in [0.05, 0.1) is 6.54 Å². The third kappa shape index (κ3) is 4.47. The van der Waals surface area contributed by atoms with Gasteiger partial charge in [0, 0.05) is 5.56 Å². The molecule has 3 aromatic rings. The molecule has 0 radical (unpaired) electrons. The van der Waals surface area contributed by atoms with Crippen molar-refractivity contribution in [1.82, 2.24) is 15.5 Å². The molecule has 0 unspecified atom stereocenters. The Kier molecular flexibility index (Phi) is 5.31. The largest absolute Gasteiger partial charge is 0.484 e. The Morgan fingerprint density at radius 2 is 1.85 bits per heavy atom. The summed E-state index contributed by atoms with van der Waals surface area (Å²) in [5.41, 5.74) is 4.34. The number of amides is 1. The van der Waals surface area contributed by atoms with Gasteiger partial charge in [0.2, 0.25) is 11.7 Å². The molecule has 134 valence electrons. The van der Waals surface area contributed by atoms with Gasteiger partial charge in [-0.1, -0.05) is 41.1 Å². The molecule has 0 saturated carbocycles. The van der Waals surface area contributed by atoms with Crippen LogP contribution in [-0.2, 0) is 11.3 Å². The number of nitrogens with zero attached hydrogens (tertiary/aromatic N) is 2. The Morgan fingerprint density at radius 3 is 2.58 bits per heavy atom. The molecule has 26 heavy (non-hydrogen) atoms. The van der Waals surface area contributed by atoms with Gasteiger partial charge < -0.3 is 14.6 Å². The van der Waals surface area contributed by atoms with Gasteiger partial charge in [0.1, 0.15) is 5.75 Å². The zero-order chi connectivity index (χ0) is 18.5. The topological polar surface area (TPSA) is 77.2 Å². The molecule has 0 spiro atoms. The lowest BCUT2D eigenvalue weighted by atomic mass is 10.1. The van der Waals surface area contributed by atoms with E-state index in [0.29, 0.717) is 17.5 Å². The molecule has 0 aliphatic rings. The van der Waals surface area contributed by atoms with E-state index in [4.69, 9.17) is 9.26 Å². The standard InChI is InChI=1S/C20H21N3O3/c1-13-4-7-16(8-5-13)20-22-19(26-23-20)11-21-18(24)12-25-17-9-6-14(2)15(3)10-17/h4-10H,11-12H2,1-3H3,(H,21,24). The van der Waals surface area contributed by atoms with Crippen LogP contribution in [-0.4, -0.2) is 22.7 Å². The molecule has 2 aromatic carbocycles. The van der Waals surface area contributed by atoms with Crippen LogP contribution in [0.3, 0.4) is 0 Å². The molecule has 6 nitrogen and oxygen atoms in total. The summed E-state index contributed by atoms with van der Waals surface area (Å²) in [4.78, 5) is 16.2. The van der Waals surface area contributed by atoms with Crippen LogP contribution in [0.15, 0.2) is 47.0 Å². The summed E-state index contributed by atoms with van der Waals surface area (Å²) in [6.45, 7) is 6.14. The lowest BCUT2D eigenvalue weighted by molar-refractivity contribution is -0.123. The van der Waals surface area contributed by atoms with Crippen molar-refractivity contribution in [1.29, 1.82) is 0 Å². The van der Waals surface area contributed by atoms with Crippen LogP contribution >= 0.6 is 0 Å². The smallest absolute Gasteiger partial charge is 0.258 e. The predicted octanol–water partition coefficient (Wildman–Crippen LogP) is 3.36. The molecule has 3 rings (SSSR count). The summed E-state index contributed by atoms with van der Waals surface area (Å²) in [5, 5.41) is 6.65. The maximum Gasteiger partial charge on any atom is 0.258 e. The van der Waals surface area contributed by atoms with Gasteiger partial charge in [0.25, 0.3) is 5.91 Å². The lowest BCUT2D eigenvalue weighted by Gasteiger charge is -2.08. The van der Waals surface area contributed by atoms with Crippen LogP contribution in [0.2, 0.25) is 0 Å². The van der Waals surface area contributed by atoms with Crippen molar-refractivity contribution in [3.05, 3.63) is 65.0 Å². The Bertz CT molecular complexity index is 901. The summed E-state index contributed by atoms with van der Waals surface area (Å²) in [7, 11) is 0. The van der Waals surface area contributed by atoms with E-state index in [9.17, 15) is 4.79 Å². The molecular weight excluding hydrogens is 330 g/mol. The third-order valence-electron chi connectivity index (χ3n) is 4.06. The summed E-state index contributed by atoms with van der Waals surface area (Å²) in [6.07, 6.45) is 0. The molecule has 0 bridgehead atoms. The van der Waals surface area contributed by atoms with Gasteiger partial charge in [-0.05, 0) is 44.0 Å². The van der Waals surface area contributed by atoms with E-state index in [1.54, 1.807) is 0 Å². The van der Waals surface area contributed by atoms with Gasteiger partial charge in [-0.3, -0.25) is 4.79 Å². The van der Waals surface area contributed by atoms with Crippen molar-refractivity contribution in [2.24, 2.45) is 0 Å². The van der Waals surface area contributed by atoms with Gasteiger partial charge in [0.15, 0.2) is 6.61 Å². The first-order chi connectivity index (χ1) is 12.5. The van der Waals surface area contributed by atoms with Crippen LogP contribution < -0.4 is 10.1 Å². The van der Waals surface area contributed by atoms with Crippen LogP contribution in [0, 0.1) is 20.8 Å². The highest BCUT2D eigenvalue weighted by Gasteiger charge is 2.10. The molecular formula is C20H21N3O3. The molecule has 0 saturated heterocycles. The fraction of sp³-hybridized carbons (Fsp3) is 0.250. The highest BCUT2D eigenvalue weighted by Crippen LogP contribution is 2.17. The SMILES string of the molecule is Cc1ccc(-c2noc(CNC(=O)COc3ccc(C)c(C)c3)n2)cc1. The molecule has 1 amide bonds. The normalized spacial score (nSPS) is 10.6. The number of aromatic nitrogens is 2. The van der Waals surface area contributed by atoms with Crippen molar-refractivity contribution in [2.75, 3.05) is 6.61 Å². The van der Waals surface area contributed by atoms with Gasteiger partial charge in [-0.25, -0.2) is 0 Å². The van der Waals surface area contributed by atoms with Crippen molar-refractivity contribution in [2.45, 2.75) is 27.3 Å². The van der Waals surface area contributed by atoms with Crippen LogP contribution in [0.4, 0.5) is 0 Å². The monoisotopic (exact) mass is 351 g/mol. The quantitative estimate of drug-likeness (QED) is 0.737. The van der Waals surface area contributed by atoms with Crippen LogP contribution in [0.25, 0.3) is 11.4 Å². The number of aryl methyl sites for hydroxylation is 3. The molecule has 0 atom stereocenters.